The maximum absolute atomic E-state index is 13.1. The Kier molecular flexibility index (Phi) is 9.34. The van der Waals surface area contributed by atoms with E-state index >= 15 is 0 Å². The first-order chi connectivity index (χ1) is 19.2. The van der Waals surface area contributed by atoms with E-state index in [4.69, 9.17) is 21.1 Å². The lowest BCUT2D eigenvalue weighted by Gasteiger charge is -2.16. The molecule has 1 aliphatic rings. The van der Waals surface area contributed by atoms with Crippen LogP contribution in [0, 0.1) is 13.8 Å². The molecule has 206 valence electrons. The minimum atomic E-state index is -0.530. The summed E-state index contributed by atoms with van der Waals surface area (Å²) >= 11 is 6.77. The highest BCUT2D eigenvalue weighted by atomic mass is 35.5. The number of anilines is 1. The van der Waals surface area contributed by atoms with Crippen LogP contribution >= 0.6 is 23.4 Å². The number of aryl methyl sites for hydroxylation is 2. The molecule has 3 aromatic rings. The van der Waals surface area contributed by atoms with Gasteiger partial charge in [0.05, 0.1) is 12.0 Å². The van der Waals surface area contributed by atoms with Crippen LogP contribution in [0.15, 0.2) is 72.2 Å². The molecule has 0 aliphatic carbocycles. The van der Waals surface area contributed by atoms with Crippen molar-refractivity contribution in [3.63, 3.8) is 0 Å². The van der Waals surface area contributed by atoms with Crippen LogP contribution in [0.2, 0.25) is 5.02 Å². The number of rotatable bonds is 10. The Morgan fingerprint density at radius 1 is 1.07 bits per heavy atom. The van der Waals surface area contributed by atoms with E-state index in [1.807, 2.05) is 50.2 Å². The quantitative estimate of drug-likeness (QED) is 0.208. The Balaban J connectivity index is 1.52. The van der Waals surface area contributed by atoms with E-state index in [9.17, 15) is 14.4 Å². The fraction of sp³-hybridized carbons (Fsp3) is 0.194. The molecule has 1 saturated heterocycles. The summed E-state index contributed by atoms with van der Waals surface area (Å²) < 4.78 is 11.7. The Labute approximate surface area is 242 Å². The molecule has 0 atom stereocenters. The van der Waals surface area contributed by atoms with Crippen molar-refractivity contribution in [2.24, 2.45) is 0 Å². The minimum absolute atomic E-state index is 0.214. The number of carbonyl (C=O) groups excluding carboxylic acids is 3. The number of nitrogens with zero attached hydrogens (tertiary/aromatic N) is 1. The summed E-state index contributed by atoms with van der Waals surface area (Å²) in [6.07, 6.45) is 3.86. The molecule has 40 heavy (non-hydrogen) atoms. The number of benzene rings is 3. The van der Waals surface area contributed by atoms with Crippen molar-refractivity contribution in [1.82, 2.24) is 4.90 Å². The number of halogens is 1. The van der Waals surface area contributed by atoms with Crippen LogP contribution in [-0.2, 0) is 22.6 Å². The fourth-order valence-corrected chi connectivity index (χ4v) is 5.27. The van der Waals surface area contributed by atoms with Crippen LogP contribution in [0.3, 0.4) is 0 Å². The van der Waals surface area contributed by atoms with Crippen LogP contribution < -0.4 is 14.8 Å². The van der Waals surface area contributed by atoms with Crippen LogP contribution in [-0.4, -0.2) is 35.6 Å². The summed E-state index contributed by atoms with van der Waals surface area (Å²) in [4.78, 5) is 39.5. The summed E-state index contributed by atoms with van der Waals surface area (Å²) in [5.74, 6) is 0.0563. The maximum Gasteiger partial charge on any atom is 0.294 e. The normalized spacial score (nSPS) is 14.0. The average molecular weight is 577 g/mol. The predicted molar refractivity (Wildman–Crippen MR) is 160 cm³/mol. The third kappa shape index (κ3) is 7.14. The lowest BCUT2D eigenvalue weighted by molar-refractivity contribution is -0.127. The second-order valence-corrected chi connectivity index (χ2v) is 10.7. The topological polar surface area (TPSA) is 84.9 Å². The van der Waals surface area contributed by atoms with E-state index in [1.54, 1.807) is 30.4 Å². The third-order valence-electron chi connectivity index (χ3n) is 6.01. The predicted octanol–water partition coefficient (Wildman–Crippen LogP) is 6.95. The molecule has 4 rings (SSSR count). The van der Waals surface area contributed by atoms with Crippen LogP contribution in [0.25, 0.3) is 6.08 Å². The first-order valence-corrected chi connectivity index (χ1v) is 13.7. The van der Waals surface area contributed by atoms with Crippen LogP contribution in [0.5, 0.6) is 11.5 Å². The number of carbonyl (C=O) groups is 3. The largest absolute Gasteiger partial charge is 0.493 e. The molecular formula is C31H29ClN2O5S. The monoisotopic (exact) mass is 576 g/mol. The second kappa shape index (κ2) is 12.9. The van der Waals surface area contributed by atoms with Crippen molar-refractivity contribution in [3.8, 4) is 11.5 Å². The highest BCUT2D eigenvalue weighted by Gasteiger charge is 2.36. The van der Waals surface area contributed by atoms with Crippen LogP contribution in [0.1, 0.15) is 27.8 Å². The molecule has 7 nitrogen and oxygen atoms in total. The lowest BCUT2D eigenvalue weighted by atomic mass is 10.0. The molecule has 0 aromatic heterocycles. The van der Waals surface area contributed by atoms with E-state index in [-0.39, 0.29) is 11.4 Å². The number of hydrogen-bond acceptors (Lipinski definition) is 6. The van der Waals surface area contributed by atoms with Crippen molar-refractivity contribution in [1.29, 1.82) is 0 Å². The number of nitrogens with one attached hydrogen (secondary N) is 1. The SMILES string of the molecule is C=CCc1cc(/C=C2\SC(=O)N(CC(=O)Nc3cc(C)cc(C)c3)C2=O)cc(OC)c1OCc1ccc(Cl)cc1. The number of methoxy groups -OCH3 is 1. The molecule has 3 amide bonds. The fourth-order valence-electron chi connectivity index (χ4n) is 4.30. The molecular weight excluding hydrogens is 548 g/mol. The average Bonchev–Trinajstić information content (AvgIpc) is 3.15. The van der Waals surface area contributed by atoms with Crippen LogP contribution in [0.4, 0.5) is 10.5 Å². The van der Waals surface area contributed by atoms with Gasteiger partial charge in [0, 0.05) is 16.3 Å². The zero-order valence-corrected chi connectivity index (χ0v) is 24.0. The smallest absolute Gasteiger partial charge is 0.294 e. The van der Waals surface area contributed by atoms with Gasteiger partial charge in [-0.15, -0.1) is 6.58 Å². The molecule has 0 bridgehead atoms. The van der Waals surface area contributed by atoms with Gasteiger partial charge in [-0.05, 0) is 96.8 Å². The molecule has 1 aliphatic heterocycles. The van der Waals surface area contributed by atoms with Crippen molar-refractivity contribution in [3.05, 3.63) is 105 Å². The molecule has 3 aromatic carbocycles. The van der Waals surface area contributed by atoms with E-state index in [2.05, 4.69) is 11.9 Å². The van der Waals surface area contributed by atoms with Crippen molar-refractivity contribution in [2.45, 2.75) is 26.9 Å². The molecule has 1 N–H and O–H groups in total. The van der Waals surface area contributed by atoms with Gasteiger partial charge in [0.2, 0.25) is 5.91 Å². The van der Waals surface area contributed by atoms with Crippen molar-refractivity contribution < 1.29 is 23.9 Å². The summed E-state index contributed by atoms with van der Waals surface area (Å²) in [5.41, 5.74) is 5.01. The summed E-state index contributed by atoms with van der Waals surface area (Å²) in [5, 5.41) is 2.90. The highest BCUT2D eigenvalue weighted by molar-refractivity contribution is 8.18. The van der Waals surface area contributed by atoms with Gasteiger partial charge in [-0.1, -0.05) is 35.9 Å². The van der Waals surface area contributed by atoms with Crippen molar-refractivity contribution >= 4 is 52.2 Å². The molecule has 0 spiro atoms. The number of imide groups is 1. The Hall–Kier alpha value is -4.01. The van der Waals surface area contributed by atoms with E-state index in [1.165, 1.54) is 7.11 Å². The van der Waals surface area contributed by atoms with Gasteiger partial charge in [0.25, 0.3) is 11.1 Å². The number of hydrogen-bond donors (Lipinski definition) is 1. The van der Waals surface area contributed by atoms with Crippen molar-refractivity contribution in [2.75, 3.05) is 19.0 Å². The Morgan fingerprint density at radius 2 is 1.77 bits per heavy atom. The van der Waals surface area contributed by atoms with E-state index < -0.39 is 17.1 Å². The Morgan fingerprint density at radius 3 is 2.42 bits per heavy atom. The molecule has 1 fully saturated rings. The summed E-state index contributed by atoms with van der Waals surface area (Å²) in [7, 11) is 1.54. The van der Waals surface area contributed by atoms with Gasteiger partial charge in [0.15, 0.2) is 11.5 Å². The van der Waals surface area contributed by atoms with Gasteiger partial charge in [-0.25, -0.2) is 0 Å². The van der Waals surface area contributed by atoms with Gasteiger partial charge >= 0.3 is 0 Å². The molecule has 0 saturated carbocycles. The summed E-state index contributed by atoms with van der Waals surface area (Å²) in [6.45, 7) is 7.62. The highest BCUT2D eigenvalue weighted by Crippen LogP contribution is 2.37. The number of amides is 3. The van der Waals surface area contributed by atoms with Gasteiger partial charge in [-0.2, -0.15) is 0 Å². The molecule has 0 unspecified atom stereocenters. The first kappa shape index (κ1) is 29.0. The summed E-state index contributed by atoms with van der Waals surface area (Å²) in [6, 6.07) is 16.6. The van der Waals surface area contributed by atoms with Gasteiger partial charge in [-0.3, -0.25) is 19.3 Å². The van der Waals surface area contributed by atoms with Gasteiger partial charge in [0.1, 0.15) is 13.2 Å². The minimum Gasteiger partial charge on any atom is -0.493 e. The lowest BCUT2D eigenvalue weighted by Crippen LogP contribution is -2.36. The van der Waals surface area contributed by atoms with E-state index in [0.717, 1.165) is 38.9 Å². The number of allylic oxidation sites excluding steroid dienone is 1. The third-order valence-corrected chi connectivity index (χ3v) is 7.17. The first-order valence-electron chi connectivity index (χ1n) is 12.5. The number of ether oxygens (including phenoxy) is 2. The number of thioether (sulfide) groups is 1. The standard InChI is InChI=1S/C31H29ClN2O5S/c1-5-6-23-14-22(15-26(38-4)29(23)39-18-21-7-9-24(32)10-8-21)16-27-30(36)34(31(37)40-27)17-28(35)33-25-12-19(2)11-20(3)13-25/h5,7-16H,1,6,17-18H2,2-4H3,(H,33,35)/b27-16-. The molecule has 1 heterocycles. The van der Waals surface area contributed by atoms with Gasteiger partial charge < -0.3 is 14.8 Å². The zero-order valence-electron chi connectivity index (χ0n) is 22.5. The maximum atomic E-state index is 13.1. The molecule has 0 radical (unpaired) electrons. The molecule has 9 heteroatoms. The second-order valence-electron chi connectivity index (χ2n) is 9.31. The zero-order chi connectivity index (χ0) is 28.8. The van der Waals surface area contributed by atoms with E-state index in [0.29, 0.717) is 40.8 Å². The Bertz CT molecular complexity index is 1480.